The average molecular weight is 497 g/mol. The number of ether oxygens (including phenoxy) is 1. The highest BCUT2D eigenvalue weighted by Crippen LogP contribution is 2.40. The maximum atomic E-state index is 5.89. The van der Waals surface area contributed by atoms with E-state index in [1.807, 2.05) is 60.4 Å². The predicted molar refractivity (Wildman–Crippen MR) is 147 cm³/mol. The Morgan fingerprint density at radius 3 is 2.33 bits per heavy atom. The molecular formula is C29H28N4O2S. The molecule has 6 nitrogen and oxygen atoms in total. The van der Waals surface area contributed by atoms with Crippen LogP contribution in [0.25, 0.3) is 17.0 Å². The standard InChI is InChI=1S/C29H28N4O2S/c1-17-9-11-21(12-10-17)27-31-28(35-32-27)25-20(4)33(23-14-18(2)13-19(3)15-23)29(36)30-26(25)22-7-6-8-24(16-22)34-5/h6-16,26H,1-5H3,(H,30,36). The van der Waals surface area contributed by atoms with E-state index in [0.29, 0.717) is 16.8 Å². The molecule has 0 saturated heterocycles. The van der Waals surface area contributed by atoms with Gasteiger partial charge in [0.05, 0.1) is 18.7 Å². The molecule has 0 saturated carbocycles. The first kappa shape index (κ1) is 23.8. The highest BCUT2D eigenvalue weighted by molar-refractivity contribution is 7.80. The third-order valence-electron chi connectivity index (χ3n) is 6.34. The lowest BCUT2D eigenvalue weighted by molar-refractivity contribution is 0.403. The van der Waals surface area contributed by atoms with Gasteiger partial charge < -0.3 is 14.6 Å². The van der Waals surface area contributed by atoms with Crippen LogP contribution >= 0.6 is 12.2 Å². The van der Waals surface area contributed by atoms with Gasteiger partial charge in [0.15, 0.2) is 5.11 Å². The van der Waals surface area contributed by atoms with E-state index in [9.17, 15) is 0 Å². The molecular weight excluding hydrogens is 468 g/mol. The number of anilines is 1. The second-order valence-corrected chi connectivity index (χ2v) is 9.52. The Bertz CT molecular complexity index is 1450. The summed E-state index contributed by atoms with van der Waals surface area (Å²) < 4.78 is 11.4. The zero-order valence-corrected chi connectivity index (χ0v) is 21.8. The van der Waals surface area contributed by atoms with Crippen molar-refractivity contribution in [1.29, 1.82) is 0 Å². The molecule has 0 fully saturated rings. The molecule has 1 N–H and O–H groups in total. The van der Waals surface area contributed by atoms with E-state index in [1.54, 1.807) is 7.11 Å². The number of rotatable bonds is 5. The summed E-state index contributed by atoms with van der Waals surface area (Å²) in [5, 5.41) is 8.44. The molecule has 0 radical (unpaired) electrons. The Morgan fingerprint density at radius 1 is 0.917 bits per heavy atom. The molecule has 3 aromatic carbocycles. The molecule has 7 heteroatoms. The summed E-state index contributed by atoms with van der Waals surface area (Å²) in [7, 11) is 1.66. The van der Waals surface area contributed by atoms with Crippen LogP contribution in [0.15, 0.2) is 77.0 Å². The lowest BCUT2D eigenvalue weighted by Crippen LogP contribution is -2.46. The third-order valence-corrected chi connectivity index (χ3v) is 6.64. The Kier molecular flexibility index (Phi) is 6.33. The van der Waals surface area contributed by atoms with E-state index < -0.39 is 0 Å². The number of hydrogen-bond donors (Lipinski definition) is 1. The van der Waals surface area contributed by atoms with Crippen molar-refractivity contribution in [3.8, 4) is 17.1 Å². The lowest BCUT2D eigenvalue weighted by atomic mass is 9.94. The first-order valence-electron chi connectivity index (χ1n) is 11.8. The summed E-state index contributed by atoms with van der Waals surface area (Å²) in [5.74, 6) is 1.75. The van der Waals surface area contributed by atoms with Crippen LogP contribution in [0.1, 0.15) is 41.1 Å². The molecule has 1 unspecified atom stereocenters. The van der Waals surface area contributed by atoms with Crippen LogP contribution in [-0.4, -0.2) is 22.4 Å². The summed E-state index contributed by atoms with van der Waals surface area (Å²) in [6.07, 6.45) is 0. The third kappa shape index (κ3) is 4.50. The number of aromatic nitrogens is 2. The maximum Gasteiger partial charge on any atom is 0.258 e. The van der Waals surface area contributed by atoms with E-state index in [2.05, 4.69) is 49.4 Å². The second kappa shape index (κ2) is 9.59. The van der Waals surface area contributed by atoms with Crippen LogP contribution in [-0.2, 0) is 0 Å². The molecule has 0 aliphatic carbocycles. The Labute approximate surface area is 216 Å². The fourth-order valence-corrected chi connectivity index (χ4v) is 4.99. The van der Waals surface area contributed by atoms with Gasteiger partial charge in [0.1, 0.15) is 5.75 Å². The monoisotopic (exact) mass is 496 g/mol. The first-order chi connectivity index (χ1) is 17.3. The normalized spacial score (nSPS) is 15.8. The highest BCUT2D eigenvalue weighted by Gasteiger charge is 2.35. The topological polar surface area (TPSA) is 63.4 Å². The number of nitrogens with zero attached hydrogens (tertiary/aromatic N) is 3. The Balaban J connectivity index is 1.67. The SMILES string of the molecule is COc1cccc(C2NC(=S)N(c3cc(C)cc(C)c3)C(C)=C2c2nc(-c3ccc(C)cc3)no2)c1. The number of hydrogen-bond acceptors (Lipinski definition) is 5. The van der Waals surface area contributed by atoms with Crippen molar-refractivity contribution >= 4 is 28.6 Å². The van der Waals surface area contributed by atoms with E-state index in [4.69, 9.17) is 26.5 Å². The number of benzene rings is 3. The van der Waals surface area contributed by atoms with E-state index >= 15 is 0 Å². The van der Waals surface area contributed by atoms with Gasteiger partial charge in [0, 0.05) is 16.9 Å². The molecule has 2 heterocycles. The minimum atomic E-state index is -0.291. The van der Waals surface area contributed by atoms with Crippen molar-refractivity contribution in [3.63, 3.8) is 0 Å². The van der Waals surface area contributed by atoms with Crippen molar-refractivity contribution in [1.82, 2.24) is 15.5 Å². The average Bonchev–Trinajstić information content (AvgIpc) is 3.33. The van der Waals surface area contributed by atoms with Gasteiger partial charge in [-0.2, -0.15) is 4.98 Å². The second-order valence-electron chi connectivity index (χ2n) is 9.13. The Morgan fingerprint density at radius 2 is 1.64 bits per heavy atom. The van der Waals surface area contributed by atoms with Gasteiger partial charge in [-0.15, -0.1) is 0 Å². The Hall–Kier alpha value is -3.97. The largest absolute Gasteiger partial charge is 0.497 e. The number of nitrogens with one attached hydrogen (secondary N) is 1. The zero-order chi connectivity index (χ0) is 25.4. The summed E-state index contributed by atoms with van der Waals surface area (Å²) in [6, 6.07) is 22.1. The van der Waals surface area contributed by atoms with Gasteiger partial charge in [0.2, 0.25) is 5.82 Å². The number of allylic oxidation sites excluding steroid dienone is 1. The van der Waals surface area contributed by atoms with Crippen LogP contribution in [0.2, 0.25) is 0 Å². The van der Waals surface area contributed by atoms with Gasteiger partial charge in [-0.3, -0.25) is 4.90 Å². The lowest BCUT2D eigenvalue weighted by Gasteiger charge is -2.37. The van der Waals surface area contributed by atoms with Crippen LogP contribution in [0, 0.1) is 20.8 Å². The number of methoxy groups -OCH3 is 1. The summed E-state index contributed by atoms with van der Waals surface area (Å²) in [5.41, 5.74) is 8.17. The minimum absolute atomic E-state index is 0.291. The van der Waals surface area contributed by atoms with Crippen LogP contribution < -0.4 is 15.0 Å². The van der Waals surface area contributed by atoms with Crippen LogP contribution in [0.5, 0.6) is 5.75 Å². The van der Waals surface area contributed by atoms with Crippen molar-refractivity contribution in [3.05, 3.63) is 101 Å². The van der Waals surface area contributed by atoms with Gasteiger partial charge >= 0.3 is 0 Å². The van der Waals surface area contributed by atoms with Gasteiger partial charge in [-0.25, -0.2) is 0 Å². The number of thiocarbonyl (C=S) groups is 1. The van der Waals surface area contributed by atoms with Crippen molar-refractivity contribution in [2.45, 2.75) is 33.7 Å². The van der Waals surface area contributed by atoms with E-state index in [1.165, 1.54) is 5.56 Å². The molecule has 182 valence electrons. The molecule has 0 bridgehead atoms. The fraction of sp³-hybridized carbons (Fsp3) is 0.207. The van der Waals surface area contributed by atoms with Crippen molar-refractivity contribution < 1.29 is 9.26 Å². The maximum absolute atomic E-state index is 5.89. The molecule has 1 aliphatic heterocycles. The molecule has 5 rings (SSSR count). The zero-order valence-electron chi connectivity index (χ0n) is 21.0. The molecule has 0 spiro atoms. The first-order valence-corrected chi connectivity index (χ1v) is 12.2. The van der Waals surface area contributed by atoms with Crippen molar-refractivity contribution in [2.24, 2.45) is 0 Å². The van der Waals surface area contributed by atoms with Crippen LogP contribution in [0.4, 0.5) is 5.69 Å². The molecule has 1 atom stereocenters. The fourth-order valence-electron chi connectivity index (χ4n) is 4.63. The summed E-state index contributed by atoms with van der Waals surface area (Å²) in [6.45, 7) is 8.27. The van der Waals surface area contributed by atoms with E-state index in [0.717, 1.165) is 45.0 Å². The van der Waals surface area contributed by atoms with Gasteiger partial charge in [0.25, 0.3) is 5.89 Å². The summed E-state index contributed by atoms with van der Waals surface area (Å²) in [4.78, 5) is 6.85. The smallest absolute Gasteiger partial charge is 0.258 e. The van der Waals surface area contributed by atoms with E-state index in [-0.39, 0.29) is 6.04 Å². The molecule has 1 aromatic heterocycles. The minimum Gasteiger partial charge on any atom is -0.497 e. The van der Waals surface area contributed by atoms with Gasteiger partial charge in [-0.1, -0.05) is 53.2 Å². The predicted octanol–water partition coefficient (Wildman–Crippen LogP) is 6.54. The molecule has 1 aliphatic rings. The highest BCUT2D eigenvalue weighted by atomic mass is 32.1. The molecule has 0 amide bonds. The molecule has 36 heavy (non-hydrogen) atoms. The summed E-state index contributed by atoms with van der Waals surface area (Å²) >= 11 is 5.89. The molecule has 4 aromatic rings. The van der Waals surface area contributed by atoms with Crippen molar-refractivity contribution in [2.75, 3.05) is 12.0 Å². The van der Waals surface area contributed by atoms with Crippen LogP contribution in [0.3, 0.4) is 0 Å². The van der Waals surface area contributed by atoms with Gasteiger partial charge in [-0.05, 0) is 80.9 Å². The quantitative estimate of drug-likeness (QED) is 0.315. The number of aryl methyl sites for hydroxylation is 3.